The van der Waals surface area contributed by atoms with E-state index in [2.05, 4.69) is 0 Å². The zero-order valence-electron chi connectivity index (χ0n) is 19.9. The molecule has 5 N–H and O–H groups in total. The number of esters is 1. The van der Waals surface area contributed by atoms with Crippen LogP contribution >= 0.6 is 0 Å². The van der Waals surface area contributed by atoms with E-state index in [9.17, 15) is 39.9 Å². The van der Waals surface area contributed by atoms with Crippen molar-refractivity contribution in [1.29, 1.82) is 0 Å². The highest BCUT2D eigenvalue weighted by Crippen LogP contribution is 2.51. The van der Waals surface area contributed by atoms with Gasteiger partial charge in [0.2, 0.25) is 5.78 Å². The number of fused-ring (bicyclic) bond motifs is 3. The quantitative estimate of drug-likeness (QED) is 0.237. The Labute approximate surface area is 206 Å². The summed E-state index contributed by atoms with van der Waals surface area (Å²) in [4.78, 5) is 38.5. The monoisotopic (exact) mass is 500 g/mol. The maximum absolute atomic E-state index is 13.3. The van der Waals surface area contributed by atoms with Crippen LogP contribution in [0.1, 0.15) is 81.7 Å². The van der Waals surface area contributed by atoms with Crippen molar-refractivity contribution in [3.63, 3.8) is 0 Å². The third-order valence-electron chi connectivity index (χ3n) is 6.88. The molecule has 0 saturated carbocycles. The maximum atomic E-state index is 13.3. The number of ketones is 2. The zero-order valence-corrected chi connectivity index (χ0v) is 19.9. The molecule has 36 heavy (non-hydrogen) atoms. The van der Waals surface area contributed by atoms with Crippen molar-refractivity contribution in [3.05, 3.63) is 51.6 Å². The molecule has 2 aliphatic rings. The van der Waals surface area contributed by atoms with Gasteiger partial charge in [-0.15, -0.1) is 0 Å². The first kappa shape index (κ1) is 25.6. The fourth-order valence-corrected chi connectivity index (χ4v) is 4.95. The predicted octanol–water partition coefficient (Wildman–Crippen LogP) is 1.69. The number of phenolic OH excluding ortho intramolecular Hbond substituents is 2. The van der Waals surface area contributed by atoms with Crippen molar-refractivity contribution in [2.45, 2.75) is 56.8 Å². The standard InChI is InChI=1S/C26H28O10/c1-3-4-8-17(29)36-11-16(28)26(34)9-13-18(14(27)10-26)24(32)21-20(23(13)31)22(30)12-6-5-7-15(35-2)19(12)25(21)33/h5-7,14,16,27-28,31-32,34H,3-4,8-11H2,1-2H3/t14-,16?,26-/m0/s1. The van der Waals surface area contributed by atoms with Crippen LogP contribution in [0.3, 0.4) is 0 Å². The van der Waals surface area contributed by atoms with Crippen molar-refractivity contribution < 1.29 is 49.4 Å². The molecule has 3 atom stereocenters. The van der Waals surface area contributed by atoms with Crippen molar-refractivity contribution in [2.24, 2.45) is 0 Å². The molecule has 2 aromatic carbocycles. The second-order valence-corrected chi connectivity index (χ2v) is 9.18. The molecule has 0 saturated heterocycles. The van der Waals surface area contributed by atoms with Crippen LogP contribution in [-0.4, -0.2) is 68.5 Å². The van der Waals surface area contributed by atoms with Crippen LogP contribution in [0, 0.1) is 0 Å². The highest BCUT2D eigenvalue weighted by molar-refractivity contribution is 6.31. The molecule has 0 bridgehead atoms. The van der Waals surface area contributed by atoms with E-state index in [1.807, 2.05) is 6.92 Å². The average molecular weight is 501 g/mol. The number of unbranched alkanes of at least 4 members (excludes halogenated alkanes) is 1. The van der Waals surface area contributed by atoms with Gasteiger partial charge in [-0.3, -0.25) is 14.4 Å². The lowest BCUT2D eigenvalue weighted by atomic mass is 9.71. The highest BCUT2D eigenvalue weighted by Gasteiger charge is 2.48. The summed E-state index contributed by atoms with van der Waals surface area (Å²) in [6.45, 7) is 1.35. The highest BCUT2D eigenvalue weighted by atomic mass is 16.5. The molecule has 2 aromatic rings. The fraction of sp³-hybridized carbons (Fsp3) is 0.423. The van der Waals surface area contributed by atoms with Crippen LogP contribution in [0.25, 0.3) is 0 Å². The summed E-state index contributed by atoms with van der Waals surface area (Å²) in [5.41, 5.74) is -3.50. The van der Waals surface area contributed by atoms with E-state index in [1.165, 1.54) is 25.3 Å². The van der Waals surface area contributed by atoms with E-state index < -0.39 is 77.4 Å². The molecule has 1 unspecified atom stereocenters. The summed E-state index contributed by atoms with van der Waals surface area (Å²) >= 11 is 0. The number of methoxy groups -OCH3 is 1. The summed E-state index contributed by atoms with van der Waals surface area (Å²) in [5.74, 6) is -3.33. The lowest BCUT2D eigenvalue weighted by Crippen LogP contribution is -2.50. The van der Waals surface area contributed by atoms with Crippen LogP contribution in [-0.2, 0) is 16.0 Å². The molecule has 4 rings (SSSR count). The summed E-state index contributed by atoms with van der Waals surface area (Å²) < 4.78 is 10.2. The number of hydrogen-bond acceptors (Lipinski definition) is 10. The third kappa shape index (κ3) is 4.01. The summed E-state index contributed by atoms with van der Waals surface area (Å²) in [6.07, 6.45) is -2.68. The number of carbonyl (C=O) groups is 3. The first-order valence-corrected chi connectivity index (χ1v) is 11.7. The van der Waals surface area contributed by atoms with Gasteiger partial charge in [0.1, 0.15) is 35.6 Å². The number of aromatic hydroxyl groups is 2. The molecular formula is C26H28O10. The van der Waals surface area contributed by atoms with Crippen LogP contribution in [0.2, 0.25) is 0 Å². The minimum absolute atomic E-state index is 0.0350. The summed E-state index contributed by atoms with van der Waals surface area (Å²) in [7, 11) is 1.32. The van der Waals surface area contributed by atoms with Crippen molar-refractivity contribution in [2.75, 3.05) is 13.7 Å². The number of aliphatic hydroxyl groups excluding tert-OH is 2. The molecule has 0 amide bonds. The third-order valence-corrected chi connectivity index (χ3v) is 6.88. The van der Waals surface area contributed by atoms with Crippen molar-refractivity contribution >= 4 is 17.5 Å². The smallest absolute Gasteiger partial charge is 0.305 e. The average Bonchev–Trinajstić information content (AvgIpc) is 2.85. The Morgan fingerprint density at radius 3 is 2.50 bits per heavy atom. The first-order valence-electron chi connectivity index (χ1n) is 11.7. The van der Waals surface area contributed by atoms with E-state index in [0.717, 1.165) is 6.42 Å². The Hall–Kier alpha value is -3.47. The number of ether oxygens (including phenoxy) is 2. The topological polar surface area (TPSA) is 171 Å². The zero-order chi connectivity index (χ0) is 26.4. The Balaban J connectivity index is 1.74. The second-order valence-electron chi connectivity index (χ2n) is 9.18. The second kappa shape index (κ2) is 9.53. The number of rotatable bonds is 7. The molecule has 0 radical (unpaired) electrons. The lowest BCUT2D eigenvalue weighted by Gasteiger charge is -2.40. The number of benzene rings is 2. The molecule has 10 heteroatoms. The molecule has 0 spiro atoms. The lowest BCUT2D eigenvalue weighted by molar-refractivity contribution is -0.159. The van der Waals surface area contributed by atoms with E-state index >= 15 is 0 Å². The normalized spacial score (nSPS) is 21.3. The predicted molar refractivity (Wildman–Crippen MR) is 124 cm³/mol. The van der Waals surface area contributed by atoms with Gasteiger partial charge < -0.3 is 35.0 Å². The van der Waals surface area contributed by atoms with Gasteiger partial charge >= 0.3 is 5.97 Å². The fourth-order valence-electron chi connectivity index (χ4n) is 4.95. The van der Waals surface area contributed by atoms with Gasteiger partial charge in [-0.25, -0.2) is 0 Å². The van der Waals surface area contributed by atoms with Gasteiger partial charge in [0.15, 0.2) is 5.78 Å². The van der Waals surface area contributed by atoms with E-state index in [0.29, 0.717) is 6.42 Å². The minimum atomic E-state index is -2.06. The van der Waals surface area contributed by atoms with Crippen LogP contribution in [0.4, 0.5) is 0 Å². The van der Waals surface area contributed by atoms with Crippen molar-refractivity contribution in [3.8, 4) is 17.2 Å². The summed E-state index contributed by atoms with van der Waals surface area (Å²) in [5, 5.41) is 54.7. The molecule has 192 valence electrons. The number of phenols is 2. The van der Waals surface area contributed by atoms with Gasteiger partial charge in [0.25, 0.3) is 0 Å². The van der Waals surface area contributed by atoms with Crippen LogP contribution in [0.15, 0.2) is 18.2 Å². The van der Waals surface area contributed by atoms with E-state index in [4.69, 9.17) is 9.47 Å². The molecule has 0 heterocycles. The van der Waals surface area contributed by atoms with Gasteiger partial charge in [0, 0.05) is 36.0 Å². The van der Waals surface area contributed by atoms with Crippen molar-refractivity contribution in [1.82, 2.24) is 0 Å². The largest absolute Gasteiger partial charge is 0.507 e. The van der Waals surface area contributed by atoms with E-state index in [1.54, 1.807) is 0 Å². The summed E-state index contributed by atoms with van der Waals surface area (Å²) in [6, 6.07) is 4.37. The molecular weight excluding hydrogens is 472 g/mol. The minimum Gasteiger partial charge on any atom is -0.507 e. The number of hydrogen-bond donors (Lipinski definition) is 5. The molecule has 0 fully saturated rings. The van der Waals surface area contributed by atoms with Gasteiger partial charge in [-0.2, -0.15) is 0 Å². The van der Waals surface area contributed by atoms with Crippen LogP contribution < -0.4 is 4.74 Å². The Morgan fingerprint density at radius 2 is 1.83 bits per heavy atom. The SMILES string of the molecule is CCCCC(=O)OCC(O)[C@]1(O)Cc2c(O)c3c(c(O)c2[C@@H](O)C1)C(=O)c1c(OC)cccc1C3=O. The Bertz CT molecular complexity index is 1250. The number of aliphatic hydroxyl groups is 3. The van der Waals surface area contributed by atoms with Gasteiger partial charge in [0.05, 0.1) is 29.9 Å². The Morgan fingerprint density at radius 1 is 1.14 bits per heavy atom. The molecule has 0 aromatic heterocycles. The van der Waals surface area contributed by atoms with Crippen LogP contribution in [0.5, 0.6) is 17.2 Å². The molecule has 10 nitrogen and oxygen atoms in total. The van der Waals surface area contributed by atoms with Gasteiger partial charge in [-0.05, 0) is 12.5 Å². The van der Waals surface area contributed by atoms with E-state index in [-0.39, 0.29) is 34.4 Å². The maximum Gasteiger partial charge on any atom is 0.305 e. The number of carbonyl (C=O) groups excluding carboxylic acids is 3. The first-order chi connectivity index (χ1) is 17.1. The Kier molecular flexibility index (Phi) is 6.78. The molecule has 2 aliphatic carbocycles. The van der Waals surface area contributed by atoms with Gasteiger partial charge in [-0.1, -0.05) is 25.5 Å². The molecule has 0 aliphatic heterocycles.